The third kappa shape index (κ3) is 4.40. The van der Waals surface area contributed by atoms with Gasteiger partial charge < -0.3 is 21.3 Å². The minimum Gasteiger partial charge on any atom is -0.399 e. The molecule has 0 bridgehead atoms. The van der Waals surface area contributed by atoms with Crippen LogP contribution in [-0.2, 0) is 17.6 Å². The second-order valence-corrected chi connectivity index (χ2v) is 8.24. The molecule has 1 aliphatic carbocycles. The van der Waals surface area contributed by atoms with E-state index in [1.165, 1.54) is 5.56 Å². The van der Waals surface area contributed by atoms with E-state index in [1.807, 2.05) is 12.1 Å². The van der Waals surface area contributed by atoms with Crippen LogP contribution in [0.15, 0.2) is 18.2 Å². The summed E-state index contributed by atoms with van der Waals surface area (Å²) >= 11 is 6.14. The number of nitrogens with one attached hydrogen (secondary N) is 2. The Bertz CT molecular complexity index is 898. The molecule has 0 spiro atoms. The van der Waals surface area contributed by atoms with Gasteiger partial charge in [0.15, 0.2) is 0 Å². The molecular weight excluding hydrogens is 388 g/mol. The Hall–Kier alpha value is -2.54. The highest BCUT2D eigenvalue weighted by atomic mass is 35.5. The molecule has 2 heterocycles. The van der Waals surface area contributed by atoms with E-state index in [0.717, 1.165) is 62.3 Å². The molecule has 1 saturated heterocycles. The van der Waals surface area contributed by atoms with Crippen molar-refractivity contribution < 1.29 is 4.79 Å². The summed E-state index contributed by atoms with van der Waals surface area (Å²) in [4.78, 5) is 24.1. The van der Waals surface area contributed by atoms with Crippen molar-refractivity contribution in [2.75, 3.05) is 36.1 Å². The number of rotatable bonds is 4. The molecule has 1 aromatic carbocycles. The SMILES string of the molecule is CNC(=O)[C@@H]1CCCN(c2nc(Nc3cc(N)cc(Cl)c3)nc3c2CCCC3)C1. The molecule has 8 heteroatoms. The minimum atomic E-state index is -0.00732. The van der Waals surface area contributed by atoms with E-state index >= 15 is 0 Å². The number of aromatic nitrogens is 2. The number of hydrogen-bond acceptors (Lipinski definition) is 6. The van der Waals surface area contributed by atoms with Gasteiger partial charge in [0.05, 0.1) is 11.6 Å². The third-order valence-corrected chi connectivity index (χ3v) is 5.89. The van der Waals surface area contributed by atoms with Gasteiger partial charge in [-0.3, -0.25) is 4.79 Å². The number of carbonyl (C=O) groups is 1. The van der Waals surface area contributed by atoms with E-state index in [0.29, 0.717) is 23.2 Å². The summed E-state index contributed by atoms with van der Waals surface area (Å²) in [5, 5.41) is 6.62. The Morgan fingerprint density at radius 2 is 2.03 bits per heavy atom. The van der Waals surface area contributed by atoms with Crippen LogP contribution in [-0.4, -0.2) is 36.0 Å². The number of aryl methyl sites for hydroxylation is 1. The number of nitrogens with zero attached hydrogens (tertiary/aromatic N) is 3. The highest BCUT2D eigenvalue weighted by Crippen LogP contribution is 2.33. The van der Waals surface area contributed by atoms with Crippen LogP contribution in [0.5, 0.6) is 0 Å². The van der Waals surface area contributed by atoms with Crippen molar-refractivity contribution in [3.05, 3.63) is 34.5 Å². The van der Waals surface area contributed by atoms with Gasteiger partial charge >= 0.3 is 0 Å². The first-order valence-corrected chi connectivity index (χ1v) is 10.6. The summed E-state index contributed by atoms with van der Waals surface area (Å²) in [6, 6.07) is 5.33. The normalized spacial score (nSPS) is 18.8. The van der Waals surface area contributed by atoms with Crippen molar-refractivity contribution in [1.29, 1.82) is 0 Å². The average Bonchev–Trinajstić information content (AvgIpc) is 2.72. The topological polar surface area (TPSA) is 96.2 Å². The van der Waals surface area contributed by atoms with Gasteiger partial charge in [0.2, 0.25) is 11.9 Å². The lowest BCUT2D eigenvalue weighted by Crippen LogP contribution is -2.43. The first-order valence-electron chi connectivity index (χ1n) is 10.2. The number of carbonyl (C=O) groups excluding carboxylic acids is 1. The lowest BCUT2D eigenvalue weighted by molar-refractivity contribution is -0.124. The van der Waals surface area contributed by atoms with Gasteiger partial charge in [0, 0.05) is 42.1 Å². The van der Waals surface area contributed by atoms with Crippen LogP contribution in [0.2, 0.25) is 5.02 Å². The molecule has 4 N–H and O–H groups in total. The molecule has 1 aromatic heterocycles. The fourth-order valence-corrected chi connectivity index (χ4v) is 4.54. The van der Waals surface area contributed by atoms with Crippen LogP contribution < -0.4 is 21.3 Å². The summed E-state index contributed by atoms with van der Waals surface area (Å²) in [5.74, 6) is 1.60. The van der Waals surface area contributed by atoms with E-state index in [2.05, 4.69) is 15.5 Å². The van der Waals surface area contributed by atoms with Gasteiger partial charge in [-0.15, -0.1) is 0 Å². The number of anilines is 4. The van der Waals surface area contributed by atoms with Crippen LogP contribution in [0, 0.1) is 5.92 Å². The molecule has 4 rings (SSSR count). The standard InChI is InChI=1S/C21H27ClN6O/c1-24-20(29)13-5-4-8-28(12-13)19-17-6-2-3-7-18(17)26-21(27-19)25-16-10-14(22)9-15(23)11-16/h9-11,13H,2-8,12,23H2,1H3,(H,24,29)(H,25,26,27)/t13-/m1/s1. The van der Waals surface area contributed by atoms with E-state index in [-0.39, 0.29) is 11.8 Å². The number of benzene rings is 1. The summed E-state index contributed by atoms with van der Waals surface area (Å²) in [5.41, 5.74) is 9.59. The lowest BCUT2D eigenvalue weighted by Gasteiger charge is -2.35. The van der Waals surface area contributed by atoms with E-state index in [9.17, 15) is 4.79 Å². The molecule has 0 unspecified atom stereocenters. The predicted octanol–water partition coefficient (Wildman–Crippen LogP) is 3.30. The maximum atomic E-state index is 12.2. The molecule has 0 radical (unpaired) electrons. The smallest absolute Gasteiger partial charge is 0.229 e. The van der Waals surface area contributed by atoms with Crippen LogP contribution in [0.25, 0.3) is 0 Å². The zero-order valence-electron chi connectivity index (χ0n) is 16.7. The van der Waals surface area contributed by atoms with Gasteiger partial charge in [-0.25, -0.2) is 4.98 Å². The zero-order valence-corrected chi connectivity index (χ0v) is 17.4. The monoisotopic (exact) mass is 414 g/mol. The van der Waals surface area contributed by atoms with Gasteiger partial charge in [-0.2, -0.15) is 4.98 Å². The molecule has 1 atom stereocenters. The Morgan fingerprint density at radius 1 is 1.21 bits per heavy atom. The van der Waals surface area contributed by atoms with Gasteiger partial charge in [-0.05, 0) is 56.7 Å². The Balaban J connectivity index is 1.67. The highest BCUT2D eigenvalue weighted by Gasteiger charge is 2.29. The van der Waals surface area contributed by atoms with Gasteiger partial charge in [0.25, 0.3) is 0 Å². The Kier molecular flexibility index (Phi) is 5.76. The van der Waals surface area contributed by atoms with Crippen LogP contribution in [0.4, 0.5) is 23.1 Å². The number of halogens is 1. The largest absolute Gasteiger partial charge is 0.399 e. The first-order chi connectivity index (χ1) is 14.0. The average molecular weight is 415 g/mol. The van der Waals surface area contributed by atoms with Crippen LogP contribution in [0.1, 0.15) is 36.9 Å². The second kappa shape index (κ2) is 8.45. The van der Waals surface area contributed by atoms with Crippen molar-refractivity contribution in [2.45, 2.75) is 38.5 Å². The first kappa shape index (κ1) is 19.8. The van der Waals surface area contributed by atoms with Crippen molar-refractivity contribution in [1.82, 2.24) is 15.3 Å². The number of nitrogens with two attached hydrogens (primary N) is 1. The zero-order chi connectivity index (χ0) is 20.4. The maximum absolute atomic E-state index is 12.2. The van der Waals surface area contributed by atoms with Crippen molar-refractivity contribution in [2.24, 2.45) is 5.92 Å². The predicted molar refractivity (Wildman–Crippen MR) is 117 cm³/mol. The lowest BCUT2D eigenvalue weighted by atomic mass is 9.93. The van der Waals surface area contributed by atoms with E-state index < -0.39 is 0 Å². The van der Waals surface area contributed by atoms with Crippen molar-refractivity contribution in [3.8, 4) is 0 Å². The summed E-state index contributed by atoms with van der Waals surface area (Å²) in [7, 11) is 1.70. The van der Waals surface area contributed by atoms with Crippen molar-refractivity contribution >= 4 is 40.6 Å². The molecule has 2 aliphatic rings. The van der Waals surface area contributed by atoms with E-state index in [1.54, 1.807) is 13.1 Å². The Labute approximate surface area is 176 Å². The fourth-order valence-electron chi connectivity index (χ4n) is 4.29. The number of nitrogen functional groups attached to an aromatic ring is 1. The second-order valence-electron chi connectivity index (χ2n) is 7.80. The molecule has 29 heavy (non-hydrogen) atoms. The molecular formula is C21H27ClN6O. The molecule has 154 valence electrons. The summed E-state index contributed by atoms with van der Waals surface area (Å²) in [6.45, 7) is 1.59. The van der Waals surface area contributed by atoms with Crippen LogP contribution >= 0.6 is 11.6 Å². The fraction of sp³-hybridized carbons (Fsp3) is 0.476. The summed E-state index contributed by atoms with van der Waals surface area (Å²) < 4.78 is 0. The molecule has 1 aliphatic heterocycles. The summed E-state index contributed by atoms with van der Waals surface area (Å²) in [6.07, 6.45) is 6.10. The molecule has 7 nitrogen and oxygen atoms in total. The Morgan fingerprint density at radius 3 is 2.83 bits per heavy atom. The minimum absolute atomic E-state index is 0.00732. The molecule has 2 aromatic rings. The quantitative estimate of drug-likeness (QED) is 0.664. The molecule has 0 saturated carbocycles. The van der Waals surface area contributed by atoms with Gasteiger partial charge in [0.1, 0.15) is 5.82 Å². The van der Waals surface area contributed by atoms with Gasteiger partial charge in [-0.1, -0.05) is 11.6 Å². The van der Waals surface area contributed by atoms with E-state index in [4.69, 9.17) is 27.3 Å². The number of fused-ring (bicyclic) bond motifs is 1. The number of amides is 1. The third-order valence-electron chi connectivity index (χ3n) is 5.68. The van der Waals surface area contributed by atoms with Crippen molar-refractivity contribution in [3.63, 3.8) is 0 Å². The molecule has 1 amide bonds. The van der Waals surface area contributed by atoms with Crippen LogP contribution in [0.3, 0.4) is 0 Å². The maximum Gasteiger partial charge on any atom is 0.229 e. The number of piperidine rings is 1. The highest BCUT2D eigenvalue weighted by molar-refractivity contribution is 6.31. The number of hydrogen-bond donors (Lipinski definition) is 3. The molecule has 1 fully saturated rings.